The number of amides is 1. The molecule has 1 aliphatic rings. The van der Waals surface area contributed by atoms with Crippen molar-refractivity contribution in [3.05, 3.63) is 29.8 Å². The summed E-state index contributed by atoms with van der Waals surface area (Å²) in [6, 6.07) is 6.92. The van der Waals surface area contributed by atoms with Gasteiger partial charge in [-0.2, -0.15) is 0 Å². The highest BCUT2D eigenvalue weighted by molar-refractivity contribution is 5.84. The van der Waals surface area contributed by atoms with Crippen LogP contribution in [0.2, 0.25) is 0 Å². The lowest BCUT2D eigenvalue weighted by atomic mass is 10.2. The van der Waals surface area contributed by atoms with Gasteiger partial charge in [0.05, 0.1) is 5.56 Å². The maximum atomic E-state index is 11.6. The lowest BCUT2D eigenvalue weighted by molar-refractivity contribution is -0.132. The van der Waals surface area contributed by atoms with Crippen LogP contribution in [-0.2, 0) is 4.79 Å². The third-order valence-electron chi connectivity index (χ3n) is 2.69. The summed E-state index contributed by atoms with van der Waals surface area (Å²) in [6.07, 6.45) is 0.951. The van der Waals surface area contributed by atoms with Gasteiger partial charge in [-0.15, -0.1) is 0 Å². The van der Waals surface area contributed by atoms with Gasteiger partial charge in [-0.25, -0.2) is 0 Å². The van der Waals surface area contributed by atoms with Gasteiger partial charge < -0.3 is 9.64 Å². The van der Waals surface area contributed by atoms with Gasteiger partial charge in [-0.3, -0.25) is 9.59 Å². The fraction of sp³-hybridized carbons (Fsp3) is 0.333. The predicted octanol–water partition coefficient (Wildman–Crippen LogP) is 1.11. The van der Waals surface area contributed by atoms with Gasteiger partial charge in [-0.1, -0.05) is 12.1 Å². The minimum atomic E-state index is -0.453. The molecule has 0 saturated carbocycles. The molecule has 0 bridgehead atoms. The zero-order chi connectivity index (χ0) is 11.5. The van der Waals surface area contributed by atoms with Gasteiger partial charge in [0.15, 0.2) is 12.4 Å². The first-order chi connectivity index (χ1) is 7.72. The van der Waals surface area contributed by atoms with Crippen LogP contribution in [0.25, 0.3) is 0 Å². The number of hydrogen-bond acceptors (Lipinski definition) is 3. The predicted molar refractivity (Wildman–Crippen MR) is 58.5 cm³/mol. The summed E-state index contributed by atoms with van der Waals surface area (Å²) in [5.41, 5.74) is 0.477. The smallest absolute Gasteiger partial charge is 0.263 e. The van der Waals surface area contributed by atoms with Crippen molar-refractivity contribution in [3.63, 3.8) is 0 Å². The molecule has 84 valence electrons. The molecule has 0 aliphatic carbocycles. The van der Waals surface area contributed by atoms with E-state index in [1.165, 1.54) is 0 Å². The van der Waals surface area contributed by atoms with Gasteiger partial charge in [0, 0.05) is 20.0 Å². The Bertz CT molecular complexity index is 416. The highest BCUT2D eigenvalue weighted by Crippen LogP contribution is 2.21. The average molecular weight is 219 g/mol. The van der Waals surface area contributed by atoms with Crippen LogP contribution in [0.4, 0.5) is 0 Å². The first kappa shape index (κ1) is 10.7. The number of para-hydroxylation sites is 1. The SMILES string of the molecule is CN1CCC(Oc2ccccc2C=O)C1=O. The van der Waals surface area contributed by atoms with Crippen molar-refractivity contribution in [2.45, 2.75) is 12.5 Å². The molecule has 1 aromatic rings. The molecule has 0 aromatic heterocycles. The van der Waals surface area contributed by atoms with Gasteiger partial charge in [0.25, 0.3) is 5.91 Å². The molecule has 1 aliphatic heterocycles. The standard InChI is InChI=1S/C12H13NO3/c1-13-7-6-11(12(13)15)16-10-5-3-2-4-9(10)8-14/h2-5,8,11H,6-7H2,1H3. The van der Waals surface area contributed by atoms with Crippen molar-refractivity contribution in [3.8, 4) is 5.75 Å². The lowest BCUT2D eigenvalue weighted by Crippen LogP contribution is -2.29. The Kier molecular flexibility index (Phi) is 2.90. The third-order valence-corrected chi connectivity index (χ3v) is 2.69. The van der Waals surface area contributed by atoms with E-state index >= 15 is 0 Å². The highest BCUT2D eigenvalue weighted by Gasteiger charge is 2.31. The van der Waals surface area contributed by atoms with E-state index in [9.17, 15) is 9.59 Å². The minimum Gasteiger partial charge on any atom is -0.480 e. The number of rotatable bonds is 3. The number of carbonyl (C=O) groups excluding carboxylic acids is 2. The molecule has 1 amide bonds. The molecule has 1 heterocycles. The molecule has 4 nitrogen and oxygen atoms in total. The Hall–Kier alpha value is -1.84. The number of ether oxygens (including phenoxy) is 1. The fourth-order valence-corrected chi connectivity index (χ4v) is 1.74. The van der Waals surface area contributed by atoms with Crippen molar-refractivity contribution in [1.29, 1.82) is 0 Å². The quantitative estimate of drug-likeness (QED) is 0.715. The largest absolute Gasteiger partial charge is 0.480 e. The van der Waals surface area contributed by atoms with Crippen molar-refractivity contribution >= 4 is 12.2 Å². The molecule has 1 atom stereocenters. The maximum absolute atomic E-state index is 11.6. The van der Waals surface area contributed by atoms with Crippen LogP contribution in [0.5, 0.6) is 5.75 Å². The second-order valence-corrected chi connectivity index (χ2v) is 3.81. The number of aldehydes is 1. The Morgan fingerprint density at radius 3 is 2.81 bits per heavy atom. The first-order valence-corrected chi connectivity index (χ1v) is 5.18. The third kappa shape index (κ3) is 1.91. The van der Waals surface area contributed by atoms with Crippen molar-refractivity contribution in [1.82, 2.24) is 4.90 Å². The summed E-state index contributed by atoms with van der Waals surface area (Å²) in [5.74, 6) is 0.451. The molecule has 16 heavy (non-hydrogen) atoms. The maximum Gasteiger partial charge on any atom is 0.263 e. The molecular weight excluding hydrogens is 206 g/mol. The van der Waals surface area contributed by atoms with E-state index in [2.05, 4.69) is 0 Å². The monoisotopic (exact) mass is 219 g/mol. The van der Waals surface area contributed by atoms with Gasteiger partial charge in [0.2, 0.25) is 0 Å². The summed E-state index contributed by atoms with van der Waals surface area (Å²) >= 11 is 0. The second-order valence-electron chi connectivity index (χ2n) is 3.81. The van der Waals surface area contributed by atoms with Crippen molar-refractivity contribution in [2.75, 3.05) is 13.6 Å². The summed E-state index contributed by atoms with van der Waals surface area (Å²) < 4.78 is 5.56. The number of nitrogens with zero attached hydrogens (tertiary/aromatic N) is 1. The molecular formula is C12H13NO3. The average Bonchev–Trinajstić information content (AvgIpc) is 2.62. The van der Waals surface area contributed by atoms with E-state index < -0.39 is 6.10 Å². The van der Waals surface area contributed by atoms with Gasteiger partial charge in [-0.05, 0) is 12.1 Å². The number of likely N-dealkylation sites (tertiary alicyclic amines) is 1. The van der Waals surface area contributed by atoms with E-state index in [-0.39, 0.29) is 5.91 Å². The van der Waals surface area contributed by atoms with E-state index in [1.54, 1.807) is 36.2 Å². The van der Waals surface area contributed by atoms with E-state index in [4.69, 9.17) is 4.74 Å². The summed E-state index contributed by atoms with van der Waals surface area (Å²) in [4.78, 5) is 24.0. The molecule has 0 N–H and O–H groups in total. The summed E-state index contributed by atoms with van der Waals surface area (Å²) in [5, 5.41) is 0. The molecule has 1 saturated heterocycles. The minimum absolute atomic E-state index is 0.0271. The summed E-state index contributed by atoms with van der Waals surface area (Å²) in [7, 11) is 1.75. The number of benzene rings is 1. The van der Waals surface area contributed by atoms with Crippen LogP contribution in [0, 0.1) is 0 Å². The molecule has 1 fully saturated rings. The topological polar surface area (TPSA) is 46.6 Å². The number of likely N-dealkylation sites (N-methyl/N-ethyl adjacent to an activating group) is 1. The van der Waals surface area contributed by atoms with Crippen LogP contribution >= 0.6 is 0 Å². The molecule has 4 heteroatoms. The van der Waals surface area contributed by atoms with Crippen LogP contribution < -0.4 is 4.74 Å². The van der Waals surface area contributed by atoms with Crippen LogP contribution in [-0.4, -0.2) is 36.8 Å². The van der Waals surface area contributed by atoms with E-state index in [1.807, 2.05) is 0 Å². The van der Waals surface area contributed by atoms with Crippen molar-refractivity contribution < 1.29 is 14.3 Å². The lowest BCUT2D eigenvalue weighted by Gasteiger charge is -2.13. The highest BCUT2D eigenvalue weighted by atomic mass is 16.5. The molecule has 2 rings (SSSR count). The van der Waals surface area contributed by atoms with Crippen LogP contribution in [0.15, 0.2) is 24.3 Å². The molecule has 0 radical (unpaired) electrons. The van der Waals surface area contributed by atoms with E-state index in [0.29, 0.717) is 24.3 Å². The Balaban J connectivity index is 2.15. The normalized spacial score (nSPS) is 19.9. The van der Waals surface area contributed by atoms with Crippen LogP contribution in [0.3, 0.4) is 0 Å². The zero-order valence-electron chi connectivity index (χ0n) is 9.05. The molecule has 1 unspecified atom stereocenters. The second kappa shape index (κ2) is 4.35. The zero-order valence-corrected chi connectivity index (χ0v) is 9.05. The Morgan fingerprint density at radius 1 is 1.44 bits per heavy atom. The number of carbonyl (C=O) groups is 2. The van der Waals surface area contributed by atoms with E-state index in [0.717, 1.165) is 6.29 Å². The molecule has 1 aromatic carbocycles. The first-order valence-electron chi connectivity index (χ1n) is 5.18. The Morgan fingerprint density at radius 2 is 2.19 bits per heavy atom. The Labute approximate surface area is 93.8 Å². The van der Waals surface area contributed by atoms with Gasteiger partial charge in [0.1, 0.15) is 5.75 Å². The van der Waals surface area contributed by atoms with Crippen LogP contribution in [0.1, 0.15) is 16.8 Å². The number of hydrogen-bond donors (Lipinski definition) is 0. The summed E-state index contributed by atoms with van der Waals surface area (Å²) in [6.45, 7) is 0.701. The van der Waals surface area contributed by atoms with Crippen molar-refractivity contribution in [2.24, 2.45) is 0 Å². The fourth-order valence-electron chi connectivity index (χ4n) is 1.74. The molecule has 0 spiro atoms. The van der Waals surface area contributed by atoms with Gasteiger partial charge >= 0.3 is 0 Å².